The maximum absolute atomic E-state index is 13.4. The van der Waals surface area contributed by atoms with Crippen molar-refractivity contribution in [2.45, 2.75) is 44.7 Å². The molecule has 0 spiro atoms. The maximum atomic E-state index is 13.4. The highest BCUT2D eigenvalue weighted by Crippen LogP contribution is 2.32. The summed E-state index contributed by atoms with van der Waals surface area (Å²) in [5.41, 5.74) is 0.449. The standard InChI is InChI=1S/C20H21N3O7/c1-11(24)30-20(2)19(21-9-10-29-20)23-15(25)8-7-14(18(23)28)22-16(26)12-5-3-4-6-13(12)17(22)27/h3-6,14,19,21H,7-10H2,1-2H3. The number of benzene rings is 1. The number of carbonyl (C=O) groups excluding carboxylic acids is 5. The number of fused-ring (bicyclic) bond motifs is 1. The summed E-state index contributed by atoms with van der Waals surface area (Å²) >= 11 is 0. The normalized spacial score (nSPS) is 29.3. The van der Waals surface area contributed by atoms with Gasteiger partial charge < -0.3 is 9.47 Å². The topological polar surface area (TPSA) is 122 Å². The number of morpholine rings is 1. The van der Waals surface area contributed by atoms with Crippen molar-refractivity contribution in [2.24, 2.45) is 0 Å². The SMILES string of the molecule is CC(=O)OC1(C)OCCNC1N1C(=O)CCC(N2C(=O)c3ccccc3C2=O)C1=O. The molecule has 0 saturated carbocycles. The predicted molar refractivity (Wildman–Crippen MR) is 99.7 cm³/mol. The Balaban J connectivity index is 1.66. The molecule has 10 nitrogen and oxygen atoms in total. The molecule has 2 fully saturated rings. The highest BCUT2D eigenvalue weighted by atomic mass is 16.7. The van der Waals surface area contributed by atoms with Gasteiger partial charge in [-0.05, 0) is 18.6 Å². The smallest absolute Gasteiger partial charge is 0.305 e. The van der Waals surface area contributed by atoms with E-state index in [-0.39, 0.29) is 30.6 Å². The van der Waals surface area contributed by atoms with Crippen LogP contribution in [0.5, 0.6) is 0 Å². The molecule has 0 aliphatic carbocycles. The number of hydrogen-bond donors (Lipinski definition) is 1. The Hall–Kier alpha value is -3.11. The first-order valence-corrected chi connectivity index (χ1v) is 9.64. The number of rotatable bonds is 3. The second-order valence-corrected chi connectivity index (χ2v) is 7.50. The van der Waals surface area contributed by atoms with Crippen molar-refractivity contribution >= 4 is 29.6 Å². The van der Waals surface area contributed by atoms with E-state index in [9.17, 15) is 24.0 Å². The summed E-state index contributed by atoms with van der Waals surface area (Å²) in [7, 11) is 0. The van der Waals surface area contributed by atoms with Crippen LogP contribution >= 0.6 is 0 Å². The first kappa shape index (κ1) is 20.2. The number of piperidine rings is 1. The lowest BCUT2D eigenvalue weighted by atomic mass is 9.99. The van der Waals surface area contributed by atoms with Gasteiger partial charge in [0.1, 0.15) is 6.04 Å². The molecule has 3 atom stereocenters. The molecule has 0 aromatic heterocycles. The van der Waals surface area contributed by atoms with E-state index < -0.39 is 47.6 Å². The van der Waals surface area contributed by atoms with Crippen LogP contribution in [0.25, 0.3) is 0 Å². The average Bonchev–Trinajstić information content (AvgIpc) is 2.94. The number of nitrogens with zero attached hydrogens (tertiary/aromatic N) is 2. The Kier molecular flexibility index (Phi) is 4.91. The summed E-state index contributed by atoms with van der Waals surface area (Å²) in [5, 5.41) is 2.99. The zero-order valence-corrected chi connectivity index (χ0v) is 16.5. The number of hydrogen-bond acceptors (Lipinski definition) is 8. The van der Waals surface area contributed by atoms with Crippen molar-refractivity contribution in [3.63, 3.8) is 0 Å². The van der Waals surface area contributed by atoms with Crippen LogP contribution in [0.3, 0.4) is 0 Å². The van der Waals surface area contributed by atoms with Gasteiger partial charge >= 0.3 is 5.97 Å². The van der Waals surface area contributed by atoms with E-state index in [4.69, 9.17) is 9.47 Å². The molecule has 158 valence electrons. The predicted octanol–water partition coefficient (Wildman–Crippen LogP) is 0.0254. The van der Waals surface area contributed by atoms with Crippen LogP contribution < -0.4 is 5.32 Å². The average molecular weight is 415 g/mol. The van der Waals surface area contributed by atoms with Gasteiger partial charge in [-0.25, -0.2) is 0 Å². The fourth-order valence-electron chi connectivity index (χ4n) is 4.20. The summed E-state index contributed by atoms with van der Waals surface area (Å²) in [6.45, 7) is 3.17. The number of ether oxygens (including phenoxy) is 2. The molecule has 3 aliphatic rings. The van der Waals surface area contributed by atoms with Gasteiger partial charge in [0.15, 0.2) is 6.17 Å². The largest absolute Gasteiger partial charge is 0.430 e. The quantitative estimate of drug-likeness (QED) is 0.542. The molecule has 0 bridgehead atoms. The summed E-state index contributed by atoms with van der Waals surface area (Å²) in [6.07, 6.45) is -1.12. The minimum atomic E-state index is -1.60. The van der Waals surface area contributed by atoms with Crippen LogP contribution in [0.4, 0.5) is 0 Å². The molecule has 1 aromatic carbocycles. The van der Waals surface area contributed by atoms with Crippen LogP contribution in [-0.4, -0.2) is 70.5 Å². The lowest BCUT2D eigenvalue weighted by Crippen LogP contribution is -2.71. The molecule has 30 heavy (non-hydrogen) atoms. The van der Waals surface area contributed by atoms with Crippen LogP contribution in [0.2, 0.25) is 0 Å². The van der Waals surface area contributed by atoms with Gasteiger partial charge in [0.2, 0.25) is 11.7 Å². The molecular formula is C20H21N3O7. The first-order chi connectivity index (χ1) is 14.2. The van der Waals surface area contributed by atoms with E-state index in [1.165, 1.54) is 26.0 Å². The summed E-state index contributed by atoms with van der Waals surface area (Å²) < 4.78 is 10.9. The van der Waals surface area contributed by atoms with Crippen molar-refractivity contribution in [2.75, 3.05) is 13.2 Å². The van der Waals surface area contributed by atoms with Crippen molar-refractivity contribution in [1.29, 1.82) is 0 Å². The third kappa shape index (κ3) is 3.08. The molecule has 0 radical (unpaired) electrons. The molecule has 10 heteroatoms. The van der Waals surface area contributed by atoms with Crippen LogP contribution in [0, 0.1) is 0 Å². The van der Waals surface area contributed by atoms with Gasteiger partial charge in [-0.1, -0.05) is 12.1 Å². The lowest BCUT2D eigenvalue weighted by Gasteiger charge is -2.47. The van der Waals surface area contributed by atoms with Gasteiger partial charge in [0.05, 0.1) is 17.7 Å². The van der Waals surface area contributed by atoms with E-state index in [0.717, 1.165) is 9.80 Å². The Morgan fingerprint density at radius 3 is 2.37 bits per heavy atom. The highest BCUT2D eigenvalue weighted by Gasteiger charge is 2.54. The number of imide groups is 2. The van der Waals surface area contributed by atoms with E-state index in [2.05, 4.69) is 5.32 Å². The Labute approximate surface area is 172 Å². The molecule has 3 heterocycles. The van der Waals surface area contributed by atoms with E-state index in [0.29, 0.717) is 6.54 Å². The Morgan fingerprint density at radius 1 is 1.13 bits per heavy atom. The second-order valence-electron chi connectivity index (χ2n) is 7.50. The lowest BCUT2D eigenvalue weighted by molar-refractivity contribution is -0.265. The summed E-state index contributed by atoms with van der Waals surface area (Å²) in [4.78, 5) is 65.1. The van der Waals surface area contributed by atoms with Gasteiger partial charge in [0.25, 0.3) is 17.7 Å². The molecule has 1 N–H and O–H groups in total. The maximum Gasteiger partial charge on any atom is 0.305 e. The summed E-state index contributed by atoms with van der Waals surface area (Å²) in [6, 6.07) is 5.19. The molecule has 1 aromatic rings. The van der Waals surface area contributed by atoms with Gasteiger partial charge in [-0.3, -0.25) is 39.1 Å². The van der Waals surface area contributed by atoms with Crippen LogP contribution in [0.15, 0.2) is 24.3 Å². The fraction of sp³-hybridized carbons (Fsp3) is 0.450. The highest BCUT2D eigenvalue weighted by molar-refractivity contribution is 6.23. The van der Waals surface area contributed by atoms with Crippen molar-refractivity contribution in [3.05, 3.63) is 35.4 Å². The number of carbonyl (C=O) groups is 5. The van der Waals surface area contributed by atoms with Gasteiger partial charge in [0, 0.05) is 26.8 Å². The third-order valence-electron chi connectivity index (χ3n) is 5.49. The number of nitrogens with one attached hydrogen (secondary N) is 1. The van der Waals surface area contributed by atoms with Crippen molar-refractivity contribution < 1.29 is 33.4 Å². The second kappa shape index (κ2) is 7.29. The number of amides is 4. The molecule has 3 aliphatic heterocycles. The van der Waals surface area contributed by atoms with Crippen LogP contribution in [0.1, 0.15) is 47.4 Å². The number of esters is 1. The van der Waals surface area contributed by atoms with E-state index in [1.807, 2.05) is 0 Å². The van der Waals surface area contributed by atoms with Crippen molar-refractivity contribution in [3.8, 4) is 0 Å². The van der Waals surface area contributed by atoms with E-state index in [1.54, 1.807) is 12.1 Å². The third-order valence-corrected chi connectivity index (χ3v) is 5.49. The molecule has 4 amide bonds. The monoisotopic (exact) mass is 415 g/mol. The minimum Gasteiger partial charge on any atom is -0.430 e. The van der Waals surface area contributed by atoms with Gasteiger partial charge in [-0.15, -0.1) is 0 Å². The molecule has 3 unspecified atom stereocenters. The molecule has 4 rings (SSSR count). The Bertz CT molecular complexity index is 926. The molecular weight excluding hydrogens is 394 g/mol. The first-order valence-electron chi connectivity index (χ1n) is 9.64. The zero-order valence-electron chi connectivity index (χ0n) is 16.5. The van der Waals surface area contributed by atoms with E-state index >= 15 is 0 Å². The van der Waals surface area contributed by atoms with Crippen LogP contribution in [-0.2, 0) is 23.9 Å². The Morgan fingerprint density at radius 2 is 1.77 bits per heavy atom. The zero-order chi connectivity index (χ0) is 21.6. The number of likely N-dealkylation sites (tertiary alicyclic amines) is 1. The minimum absolute atomic E-state index is 0.0253. The van der Waals surface area contributed by atoms with Crippen molar-refractivity contribution in [1.82, 2.24) is 15.1 Å². The van der Waals surface area contributed by atoms with Gasteiger partial charge in [-0.2, -0.15) is 0 Å². The fourth-order valence-corrected chi connectivity index (χ4v) is 4.20. The molecule has 2 saturated heterocycles. The summed E-state index contributed by atoms with van der Waals surface area (Å²) in [5.74, 6) is -4.60.